The van der Waals surface area contributed by atoms with E-state index in [9.17, 15) is 8.42 Å². The lowest BCUT2D eigenvalue weighted by atomic mass is 10.3. The van der Waals surface area contributed by atoms with Crippen molar-refractivity contribution in [3.05, 3.63) is 18.2 Å². The summed E-state index contributed by atoms with van der Waals surface area (Å²) in [5.41, 5.74) is 6.09. The van der Waals surface area contributed by atoms with Gasteiger partial charge in [-0.05, 0) is 36.5 Å². The number of hydrogen-bond acceptors (Lipinski definition) is 4. The molecule has 0 aromatic heterocycles. The van der Waals surface area contributed by atoms with Gasteiger partial charge >= 0.3 is 0 Å². The van der Waals surface area contributed by atoms with E-state index in [0.717, 1.165) is 6.42 Å². The molecular formula is C13H20N2O3S. The molecule has 0 heterocycles. The van der Waals surface area contributed by atoms with E-state index in [1.54, 1.807) is 19.2 Å². The van der Waals surface area contributed by atoms with Crippen LogP contribution in [-0.4, -0.2) is 33.4 Å². The third-order valence-corrected chi connectivity index (χ3v) is 5.49. The Morgan fingerprint density at radius 2 is 2.11 bits per heavy atom. The van der Waals surface area contributed by atoms with Gasteiger partial charge in [-0.3, -0.25) is 0 Å². The summed E-state index contributed by atoms with van der Waals surface area (Å²) in [7, 11) is -0.502. The van der Waals surface area contributed by atoms with E-state index in [-0.39, 0.29) is 4.90 Å². The molecule has 1 aromatic carbocycles. The largest absolute Gasteiger partial charge is 0.495 e. The first-order chi connectivity index (χ1) is 8.86. The van der Waals surface area contributed by atoms with Crippen LogP contribution in [0.3, 0.4) is 0 Å². The first kappa shape index (κ1) is 14.1. The number of methoxy groups -OCH3 is 1. The molecule has 0 radical (unpaired) electrons. The Balaban J connectivity index is 2.30. The highest BCUT2D eigenvalue weighted by molar-refractivity contribution is 7.89. The first-order valence-electron chi connectivity index (χ1n) is 6.26. The topological polar surface area (TPSA) is 72.6 Å². The van der Waals surface area contributed by atoms with Crippen LogP contribution >= 0.6 is 0 Å². The number of nitrogens with two attached hydrogens (primary N) is 1. The van der Waals surface area contributed by atoms with Gasteiger partial charge in [0, 0.05) is 19.3 Å². The maximum Gasteiger partial charge on any atom is 0.246 e. The molecule has 1 aromatic rings. The van der Waals surface area contributed by atoms with Crippen molar-refractivity contribution >= 4 is 15.7 Å². The minimum atomic E-state index is -3.55. The summed E-state index contributed by atoms with van der Waals surface area (Å²) in [6.07, 6.45) is 1.09. The van der Waals surface area contributed by atoms with Gasteiger partial charge in [-0.25, -0.2) is 12.7 Å². The molecule has 0 spiro atoms. The second-order valence-corrected chi connectivity index (χ2v) is 7.18. The Morgan fingerprint density at radius 3 is 2.63 bits per heavy atom. The van der Waals surface area contributed by atoms with Gasteiger partial charge in [-0.2, -0.15) is 0 Å². The van der Waals surface area contributed by atoms with Crippen molar-refractivity contribution in [3.8, 4) is 5.75 Å². The first-order valence-corrected chi connectivity index (χ1v) is 7.70. The predicted octanol–water partition coefficient (Wildman–Crippen LogP) is 1.55. The minimum Gasteiger partial charge on any atom is -0.495 e. The predicted molar refractivity (Wildman–Crippen MR) is 74.5 cm³/mol. The summed E-state index contributed by atoms with van der Waals surface area (Å²) in [4.78, 5) is 0.130. The van der Waals surface area contributed by atoms with Gasteiger partial charge in [0.1, 0.15) is 10.6 Å². The summed E-state index contributed by atoms with van der Waals surface area (Å²) in [6.45, 7) is 2.67. The molecule has 0 bridgehead atoms. The van der Waals surface area contributed by atoms with Gasteiger partial charge in [0.2, 0.25) is 10.0 Å². The molecule has 1 aliphatic rings. The van der Waals surface area contributed by atoms with Crippen LogP contribution in [0.5, 0.6) is 5.75 Å². The molecule has 2 atom stereocenters. The Morgan fingerprint density at radius 1 is 1.47 bits per heavy atom. The summed E-state index contributed by atoms with van der Waals surface area (Å²) in [6, 6.07) is 4.65. The van der Waals surface area contributed by atoms with Crippen molar-refractivity contribution in [2.75, 3.05) is 26.4 Å². The highest BCUT2D eigenvalue weighted by Crippen LogP contribution is 2.39. The van der Waals surface area contributed by atoms with Crippen LogP contribution in [0.2, 0.25) is 0 Å². The molecule has 6 heteroatoms. The van der Waals surface area contributed by atoms with E-state index in [4.69, 9.17) is 10.5 Å². The van der Waals surface area contributed by atoms with E-state index in [2.05, 4.69) is 6.92 Å². The Hall–Kier alpha value is -1.27. The van der Waals surface area contributed by atoms with Gasteiger partial charge in [-0.15, -0.1) is 0 Å². The van der Waals surface area contributed by atoms with E-state index >= 15 is 0 Å². The molecule has 2 N–H and O–H groups in total. The van der Waals surface area contributed by atoms with Crippen LogP contribution in [-0.2, 0) is 10.0 Å². The summed E-state index contributed by atoms with van der Waals surface area (Å²) < 4.78 is 31.6. The second kappa shape index (κ2) is 5.02. The number of benzene rings is 1. The molecular weight excluding hydrogens is 264 g/mol. The average Bonchev–Trinajstić information content (AvgIpc) is 3.04. The van der Waals surface area contributed by atoms with Crippen molar-refractivity contribution in [3.63, 3.8) is 0 Å². The SMILES string of the molecule is COc1ccc(N)cc1S(=O)(=O)N(C)CC1CC1C. The van der Waals surface area contributed by atoms with Gasteiger partial charge in [0.25, 0.3) is 0 Å². The van der Waals surface area contributed by atoms with Gasteiger partial charge in [-0.1, -0.05) is 6.92 Å². The zero-order valence-electron chi connectivity index (χ0n) is 11.5. The molecule has 0 amide bonds. The highest BCUT2D eigenvalue weighted by atomic mass is 32.2. The smallest absolute Gasteiger partial charge is 0.246 e. The number of anilines is 1. The Bertz CT molecular complexity index is 571. The lowest BCUT2D eigenvalue weighted by Crippen LogP contribution is -2.29. The normalized spacial score (nSPS) is 22.5. The van der Waals surface area contributed by atoms with Crippen LogP contribution in [0.1, 0.15) is 13.3 Å². The lowest BCUT2D eigenvalue weighted by molar-refractivity contribution is 0.396. The summed E-state index contributed by atoms with van der Waals surface area (Å²) >= 11 is 0. The molecule has 106 valence electrons. The zero-order valence-corrected chi connectivity index (χ0v) is 12.3. The minimum absolute atomic E-state index is 0.130. The van der Waals surface area contributed by atoms with Crippen LogP contribution in [0.15, 0.2) is 23.1 Å². The quantitative estimate of drug-likeness (QED) is 0.833. The fourth-order valence-corrected chi connectivity index (χ4v) is 3.56. The van der Waals surface area contributed by atoms with Crippen LogP contribution in [0.4, 0.5) is 5.69 Å². The number of ether oxygens (including phenoxy) is 1. The van der Waals surface area contributed by atoms with Crippen LogP contribution < -0.4 is 10.5 Å². The maximum absolute atomic E-state index is 12.5. The number of rotatable bonds is 5. The average molecular weight is 284 g/mol. The molecule has 1 aliphatic carbocycles. The van der Waals surface area contributed by atoms with E-state index in [1.807, 2.05) is 0 Å². The van der Waals surface area contributed by atoms with Crippen LogP contribution in [0.25, 0.3) is 0 Å². The monoisotopic (exact) mass is 284 g/mol. The number of sulfonamides is 1. The molecule has 1 fully saturated rings. The Kier molecular flexibility index (Phi) is 3.73. The molecule has 2 unspecified atom stereocenters. The van der Waals surface area contributed by atoms with E-state index < -0.39 is 10.0 Å². The number of nitrogen functional groups attached to an aromatic ring is 1. The van der Waals surface area contributed by atoms with Crippen molar-refractivity contribution < 1.29 is 13.2 Å². The zero-order chi connectivity index (χ0) is 14.2. The standard InChI is InChI=1S/C13H20N2O3S/c1-9-6-10(9)8-15(2)19(16,17)13-7-11(14)4-5-12(13)18-3/h4-5,7,9-10H,6,8,14H2,1-3H3. The molecule has 2 rings (SSSR count). The third-order valence-electron chi connectivity index (χ3n) is 3.64. The second-order valence-electron chi connectivity index (χ2n) is 5.17. The molecule has 0 aliphatic heterocycles. The van der Waals surface area contributed by atoms with Crippen molar-refractivity contribution in [1.29, 1.82) is 0 Å². The summed E-state index contributed by atoms with van der Waals surface area (Å²) in [5, 5.41) is 0. The molecule has 5 nitrogen and oxygen atoms in total. The van der Waals surface area contributed by atoms with Crippen molar-refractivity contribution in [2.24, 2.45) is 11.8 Å². The number of hydrogen-bond donors (Lipinski definition) is 1. The van der Waals surface area contributed by atoms with E-state index in [1.165, 1.54) is 17.5 Å². The van der Waals surface area contributed by atoms with Crippen LogP contribution in [0, 0.1) is 11.8 Å². The number of nitrogens with zero attached hydrogens (tertiary/aromatic N) is 1. The fourth-order valence-electron chi connectivity index (χ4n) is 2.14. The molecule has 19 heavy (non-hydrogen) atoms. The molecule has 0 saturated heterocycles. The van der Waals surface area contributed by atoms with Crippen molar-refractivity contribution in [2.45, 2.75) is 18.2 Å². The lowest BCUT2D eigenvalue weighted by Gasteiger charge is -2.19. The van der Waals surface area contributed by atoms with Crippen molar-refractivity contribution in [1.82, 2.24) is 4.31 Å². The van der Waals surface area contributed by atoms with E-state index in [0.29, 0.717) is 29.8 Å². The molecule has 1 saturated carbocycles. The fraction of sp³-hybridized carbons (Fsp3) is 0.538. The van der Waals surface area contributed by atoms with Gasteiger partial charge in [0.05, 0.1) is 7.11 Å². The summed E-state index contributed by atoms with van der Waals surface area (Å²) in [5.74, 6) is 1.40. The maximum atomic E-state index is 12.5. The van der Waals surface area contributed by atoms with Gasteiger partial charge in [0.15, 0.2) is 0 Å². The highest BCUT2D eigenvalue weighted by Gasteiger charge is 2.36. The Labute approximate surface area is 114 Å². The third kappa shape index (κ3) is 2.84. The van der Waals surface area contributed by atoms with Gasteiger partial charge < -0.3 is 10.5 Å².